The molecule has 1 atom stereocenters. The molecule has 1 aliphatic heterocycles. The Kier molecular flexibility index (Phi) is 1.68. The molecule has 1 aromatic heterocycles. The van der Waals surface area contributed by atoms with Gasteiger partial charge in [-0.15, -0.1) is 0 Å². The summed E-state index contributed by atoms with van der Waals surface area (Å²) in [5, 5.41) is 2.95. The Hall–Kier alpha value is -1.25. The quantitative estimate of drug-likeness (QED) is 0.712. The Morgan fingerprint density at radius 2 is 2.38 bits per heavy atom. The fourth-order valence-corrected chi connectivity index (χ4v) is 1.95. The van der Waals surface area contributed by atoms with Crippen LogP contribution in [0.1, 0.15) is 31.7 Å². The molecule has 3 nitrogen and oxygen atoms in total. The third kappa shape index (κ3) is 1.34. The van der Waals surface area contributed by atoms with Crippen molar-refractivity contribution in [2.75, 3.05) is 0 Å². The normalized spacial score (nSPS) is 26.0. The molecule has 1 aromatic rings. The van der Waals surface area contributed by atoms with Crippen LogP contribution in [0, 0.1) is 0 Å². The van der Waals surface area contributed by atoms with Crippen molar-refractivity contribution in [1.29, 1.82) is 0 Å². The van der Waals surface area contributed by atoms with E-state index in [0.29, 0.717) is 6.42 Å². The Bertz CT molecular complexity index is 314. The highest BCUT2D eigenvalue weighted by Crippen LogP contribution is 2.35. The smallest absolute Gasteiger partial charge is 0.221 e. The SMILES string of the molecule is CC1(C)NC(=O)CC1c1ccoc1. The standard InChI is InChI=1S/C10H13NO2/c1-10(2)8(5-9(12)11-10)7-3-4-13-6-7/h3-4,6,8H,5H2,1-2H3,(H,11,12). The Balaban J connectivity index is 2.30. The van der Waals surface area contributed by atoms with Crippen molar-refractivity contribution >= 4 is 5.91 Å². The van der Waals surface area contributed by atoms with Crippen molar-refractivity contribution in [1.82, 2.24) is 5.32 Å². The summed E-state index contributed by atoms with van der Waals surface area (Å²) in [6.45, 7) is 4.07. The molecule has 1 unspecified atom stereocenters. The van der Waals surface area contributed by atoms with Gasteiger partial charge in [0.05, 0.1) is 12.5 Å². The summed E-state index contributed by atoms with van der Waals surface area (Å²) in [6.07, 6.45) is 3.92. The van der Waals surface area contributed by atoms with E-state index < -0.39 is 0 Å². The van der Waals surface area contributed by atoms with Crippen molar-refractivity contribution in [3.8, 4) is 0 Å². The summed E-state index contributed by atoms with van der Waals surface area (Å²) < 4.78 is 5.02. The lowest BCUT2D eigenvalue weighted by atomic mass is 9.85. The summed E-state index contributed by atoms with van der Waals surface area (Å²) in [4.78, 5) is 11.2. The molecule has 1 fully saturated rings. The van der Waals surface area contributed by atoms with Gasteiger partial charge >= 0.3 is 0 Å². The molecular weight excluding hydrogens is 166 g/mol. The highest BCUT2D eigenvalue weighted by Gasteiger charge is 2.40. The van der Waals surface area contributed by atoms with Crippen molar-refractivity contribution in [3.63, 3.8) is 0 Å². The predicted molar refractivity (Wildman–Crippen MR) is 48.3 cm³/mol. The van der Waals surface area contributed by atoms with E-state index in [1.807, 2.05) is 19.9 Å². The van der Waals surface area contributed by atoms with E-state index in [9.17, 15) is 4.79 Å². The van der Waals surface area contributed by atoms with Gasteiger partial charge in [-0.05, 0) is 25.5 Å². The Labute approximate surface area is 77.1 Å². The van der Waals surface area contributed by atoms with Crippen molar-refractivity contribution in [2.45, 2.75) is 31.7 Å². The molecule has 1 saturated heterocycles. The second-order valence-electron chi connectivity index (χ2n) is 4.08. The molecule has 0 radical (unpaired) electrons. The molecule has 0 aromatic carbocycles. The van der Waals surface area contributed by atoms with Gasteiger partial charge in [0.2, 0.25) is 5.91 Å². The van der Waals surface area contributed by atoms with E-state index in [1.54, 1.807) is 12.5 Å². The van der Waals surface area contributed by atoms with Gasteiger partial charge in [0.25, 0.3) is 0 Å². The van der Waals surface area contributed by atoms with Crippen LogP contribution in [0.4, 0.5) is 0 Å². The maximum atomic E-state index is 11.2. The average molecular weight is 179 g/mol. The zero-order chi connectivity index (χ0) is 9.47. The summed E-state index contributed by atoms with van der Waals surface area (Å²) in [6, 6.07) is 1.92. The van der Waals surface area contributed by atoms with E-state index in [0.717, 1.165) is 5.56 Å². The summed E-state index contributed by atoms with van der Waals surface area (Å²) in [7, 11) is 0. The minimum Gasteiger partial charge on any atom is -0.472 e. The first-order valence-corrected chi connectivity index (χ1v) is 4.43. The number of rotatable bonds is 1. The first-order chi connectivity index (χ1) is 6.09. The highest BCUT2D eigenvalue weighted by atomic mass is 16.3. The molecular formula is C10H13NO2. The number of furan rings is 1. The minimum absolute atomic E-state index is 0.121. The summed E-state index contributed by atoms with van der Waals surface area (Å²) in [5.74, 6) is 0.356. The van der Waals surface area contributed by atoms with Gasteiger partial charge in [-0.25, -0.2) is 0 Å². The Morgan fingerprint density at radius 1 is 1.62 bits per heavy atom. The first-order valence-electron chi connectivity index (χ1n) is 4.43. The molecule has 1 aliphatic rings. The van der Waals surface area contributed by atoms with Crippen molar-refractivity contribution in [3.05, 3.63) is 24.2 Å². The maximum absolute atomic E-state index is 11.2. The topological polar surface area (TPSA) is 42.2 Å². The van der Waals surface area contributed by atoms with Crippen LogP contribution in [-0.2, 0) is 4.79 Å². The van der Waals surface area contributed by atoms with E-state index in [2.05, 4.69) is 5.32 Å². The van der Waals surface area contributed by atoms with E-state index in [1.165, 1.54) is 0 Å². The number of hydrogen-bond acceptors (Lipinski definition) is 2. The summed E-state index contributed by atoms with van der Waals surface area (Å²) in [5.41, 5.74) is 0.948. The second-order valence-corrected chi connectivity index (χ2v) is 4.08. The molecule has 0 bridgehead atoms. The van der Waals surface area contributed by atoms with Crippen LogP contribution in [0.25, 0.3) is 0 Å². The molecule has 2 rings (SSSR count). The van der Waals surface area contributed by atoms with Crippen LogP contribution in [0.5, 0.6) is 0 Å². The third-order valence-corrected chi connectivity index (χ3v) is 2.67. The number of amides is 1. The van der Waals surface area contributed by atoms with Crippen LogP contribution >= 0.6 is 0 Å². The second kappa shape index (κ2) is 2.62. The van der Waals surface area contributed by atoms with E-state index in [4.69, 9.17) is 4.42 Å². The molecule has 1 N–H and O–H groups in total. The van der Waals surface area contributed by atoms with Crippen LogP contribution in [-0.4, -0.2) is 11.4 Å². The highest BCUT2D eigenvalue weighted by molar-refractivity contribution is 5.81. The molecule has 13 heavy (non-hydrogen) atoms. The van der Waals surface area contributed by atoms with Gasteiger partial charge < -0.3 is 9.73 Å². The molecule has 0 spiro atoms. The molecule has 0 saturated carbocycles. The zero-order valence-electron chi connectivity index (χ0n) is 7.83. The number of hydrogen-bond donors (Lipinski definition) is 1. The monoisotopic (exact) mass is 179 g/mol. The van der Waals surface area contributed by atoms with Gasteiger partial charge in [0, 0.05) is 17.9 Å². The van der Waals surface area contributed by atoms with Crippen LogP contribution in [0.3, 0.4) is 0 Å². The van der Waals surface area contributed by atoms with Gasteiger partial charge in [-0.1, -0.05) is 0 Å². The van der Waals surface area contributed by atoms with E-state index in [-0.39, 0.29) is 17.4 Å². The first kappa shape index (κ1) is 8.35. The van der Waals surface area contributed by atoms with Crippen LogP contribution in [0.2, 0.25) is 0 Å². The maximum Gasteiger partial charge on any atom is 0.221 e. The van der Waals surface area contributed by atoms with Crippen LogP contribution in [0.15, 0.2) is 23.0 Å². The lowest BCUT2D eigenvalue weighted by Crippen LogP contribution is -2.38. The predicted octanol–water partition coefficient (Wildman–Crippen LogP) is 1.66. The molecule has 1 amide bonds. The number of carbonyl (C=O) groups is 1. The third-order valence-electron chi connectivity index (χ3n) is 2.67. The Morgan fingerprint density at radius 3 is 2.85 bits per heavy atom. The summed E-state index contributed by atoms with van der Waals surface area (Å²) >= 11 is 0. The van der Waals surface area contributed by atoms with Gasteiger partial charge in [-0.3, -0.25) is 4.79 Å². The number of carbonyl (C=O) groups excluding carboxylic acids is 1. The van der Waals surface area contributed by atoms with Gasteiger partial charge in [-0.2, -0.15) is 0 Å². The lowest BCUT2D eigenvalue weighted by Gasteiger charge is -2.25. The van der Waals surface area contributed by atoms with Crippen molar-refractivity contribution < 1.29 is 9.21 Å². The average Bonchev–Trinajstić information content (AvgIpc) is 2.56. The van der Waals surface area contributed by atoms with Gasteiger partial charge in [0.1, 0.15) is 0 Å². The minimum atomic E-state index is -0.152. The fourth-order valence-electron chi connectivity index (χ4n) is 1.95. The molecule has 2 heterocycles. The molecule has 70 valence electrons. The number of nitrogens with one attached hydrogen (secondary N) is 1. The van der Waals surface area contributed by atoms with Crippen LogP contribution < -0.4 is 5.32 Å². The molecule has 3 heteroatoms. The lowest BCUT2D eigenvalue weighted by molar-refractivity contribution is -0.119. The largest absolute Gasteiger partial charge is 0.472 e. The molecule has 0 aliphatic carbocycles. The van der Waals surface area contributed by atoms with Crippen molar-refractivity contribution in [2.24, 2.45) is 0 Å². The van der Waals surface area contributed by atoms with E-state index >= 15 is 0 Å². The van der Waals surface area contributed by atoms with Gasteiger partial charge in [0.15, 0.2) is 0 Å². The zero-order valence-corrected chi connectivity index (χ0v) is 7.83. The fraction of sp³-hybridized carbons (Fsp3) is 0.500.